The van der Waals surface area contributed by atoms with Gasteiger partial charge in [-0.1, -0.05) is 0 Å². The lowest BCUT2D eigenvalue weighted by atomic mass is 9.96. The van der Waals surface area contributed by atoms with E-state index in [0.29, 0.717) is 12.1 Å². The predicted molar refractivity (Wildman–Crippen MR) is 108 cm³/mol. The summed E-state index contributed by atoms with van der Waals surface area (Å²) in [6.07, 6.45) is 7.49. The van der Waals surface area contributed by atoms with Crippen LogP contribution in [0.4, 0.5) is 10.1 Å². The predicted octanol–water partition coefficient (Wildman–Crippen LogP) is 3.55. The van der Waals surface area contributed by atoms with Crippen molar-refractivity contribution in [1.29, 1.82) is 0 Å². The number of aryl methyl sites for hydroxylation is 1. The van der Waals surface area contributed by atoms with Crippen LogP contribution < -0.4 is 4.90 Å². The highest BCUT2D eigenvalue weighted by Gasteiger charge is 2.32. The van der Waals surface area contributed by atoms with Crippen LogP contribution in [0.15, 0.2) is 42.9 Å². The number of nitrogens with zero attached hydrogens (tertiary/aromatic N) is 5. The fraction of sp³-hybridized carbons (Fsp3) is 0.318. The lowest BCUT2D eigenvalue weighted by Gasteiger charge is -2.30. The first-order valence-corrected chi connectivity index (χ1v) is 9.81. The third kappa shape index (κ3) is 2.97. The van der Waals surface area contributed by atoms with Gasteiger partial charge in [0.2, 0.25) is 0 Å². The van der Waals surface area contributed by atoms with Gasteiger partial charge in [-0.3, -0.25) is 14.5 Å². The smallest absolute Gasteiger partial charge is 0.254 e. The number of anilines is 1. The average Bonchev–Trinajstić information content (AvgIpc) is 3.33. The van der Waals surface area contributed by atoms with E-state index in [0.717, 1.165) is 47.5 Å². The van der Waals surface area contributed by atoms with E-state index < -0.39 is 0 Å². The zero-order chi connectivity index (χ0) is 20.1. The number of aromatic nitrogens is 3. The molecule has 5 rings (SSSR count). The van der Waals surface area contributed by atoms with Crippen molar-refractivity contribution in [2.75, 3.05) is 18.5 Å². The molecule has 1 saturated heterocycles. The second-order valence-corrected chi connectivity index (χ2v) is 7.84. The van der Waals surface area contributed by atoms with Crippen LogP contribution in [0, 0.1) is 5.82 Å². The molecule has 0 aliphatic carbocycles. The monoisotopic (exact) mass is 391 g/mol. The zero-order valence-electron chi connectivity index (χ0n) is 16.5. The van der Waals surface area contributed by atoms with Gasteiger partial charge in [-0.2, -0.15) is 5.10 Å². The maximum Gasteiger partial charge on any atom is 0.254 e. The van der Waals surface area contributed by atoms with E-state index in [1.165, 1.54) is 12.1 Å². The average molecular weight is 391 g/mol. The van der Waals surface area contributed by atoms with Crippen LogP contribution in [0.2, 0.25) is 0 Å². The SMILES string of the molecule is CN1Cc2nn(C)cc2-c2cncc(c2)N2CCC[C@@H]2c2cc(F)ccc2C1=O. The summed E-state index contributed by atoms with van der Waals surface area (Å²) >= 11 is 0. The molecule has 29 heavy (non-hydrogen) atoms. The number of hydrogen-bond donors (Lipinski definition) is 0. The number of pyridine rings is 1. The molecule has 4 heterocycles. The van der Waals surface area contributed by atoms with Crippen LogP contribution in [0.25, 0.3) is 11.1 Å². The largest absolute Gasteiger partial charge is 0.363 e. The Balaban J connectivity index is 1.75. The standard InChI is InChI=1S/C22H22FN5O/c1-26-13-20-19(12-27(2)25-20)14-8-16(11-24-10-14)28-7-3-4-21(28)18-9-15(23)5-6-17(18)22(26)29/h5-6,8-12,21H,3-4,7,13H2,1-2H3/t21-/m1/s1. The molecule has 3 aromatic rings. The van der Waals surface area contributed by atoms with Gasteiger partial charge >= 0.3 is 0 Å². The second-order valence-electron chi connectivity index (χ2n) is 7.84. The molecule has 1 aromatic carbocycles. The first kappa shape index (κ1) is 17.8. The topological polar surface area (TPSA) is 54.3 Å². The summed E-state index contributed by atoms with van der Waals surface area (Å²) in [5.41, 5.74) is 5.02. The van der Waals surface area contributed by atoms with Gasteiger partial charge in [-0.25, -0.2) is 4.39 Å². The summed E-state index contributed by atoms with van der Waals surface area (Å²) in [6, 6.07) is 6.56. The summed E-state index contributed by atoms with van der Waals surface area (Å²) in [5, 5.41) is 4.58. The Bertz CT molecular complexity index is 1110. The maximum atomic E-state index is 14.2. The van der Waals surface area contributed by atoms with E-state index in [2.05, 4.69) is 21.0 Å². The summed E-state index contributed by atoms with van der Waals surface area (Å²) in [7, 11) is 3.64. The lowest BCUT2D eigenvalue weighted by Crippen LogP contribution is -2.30. The normalized spacial score (nSPS) is 18.6. The number of carbonyl (C=O) groups is 1. The zero-order valence-corrected chi connectivity index (χ0v) is 16.5. The van der Waals surface area contributed by atoms with Crippen LogP contribution in [-0.4, -0.2) is 39.2 Å². The molecule has 1 fully saturated rings. The Labute approximate surface area is 168 Å². The molecule has 2 aliphatic rings. The number of carbonyl (C=O) groups excluding carboxylic acids is 1. The Morgan fingerprint density at radius 2 is 2.00 bits per heavy atom. The third-order valence-electron chi connectivity index (χ3n) is 5.86. The van der Waals surface area contributed by atoms with Crippen molar-refractivity contribution in [2.24, 2.45) is 7.05 Å². The van der Waals surface area contributed by atoms with E-state index >= 15 is 0 Å². The number of halogens is 1. The number of rotatable bonds is 0. The molecule has 2 aliphatic heterocycles. The summed E-state index contributed by atoms with van der Waals surface area (Å²) < 4.78 is 15.9. The summed E-state index contributed by atoms with van der Waals surface area (Å²) in [6.45, 7) is 1.21. The van der Waals surface area contributed by atoms with Crippen LogP contribution in [0.3, 0.4) is 0 Å². The highest BCUT2D eigenvalue weighted by Crippen LogP contribution is 2.39. The Morgan fingerprint density at radius 1 is 1.14 bits per heavy atom. The maximum absolute atomic E-state index is 14.2. The van der Waals surface area contributed by atoms with Crippen molar-refractivity contribution in [2.45, 2.75) is 25.4 Å². The minimum atomic E-state index is -0.322. The van der Waals surface area contributed by atoms with Gasteiger partial charge in [0.25, 0.3) is 5.91 Å². The van der Waals surface area contributed by atoms with Crippen LogP contribution in [-0.2, 0) is 13.6 Å². The van der Waals surface area contributed by atoms with Crippen LogP contribution in [0.5, 0.6) is 0 Å². The Morgan fingerprint density at radius 3 is 2.86 bits per heavy atom. The number of benzene rings is 1. The molecule has 1 amide bonds. The van der Waals surface area contributed by atoms with Crippen molar-refractivity contribution in [3.63, 3.8) is 0 Å². The molecule has 2 aromatic heterocycles. The van der Waals surface area contributed by atoms with Gasteiger partial charge in [0.05, 0.1) is 30.2 Å². The molecule has 0 spiro atoms. The van der Waals surface area contributed by atoms with Crippen molar-refractivity contribution < 1.29 is 9.18 Å². The van der Waals surface area contributed by atoms with E-state index in [1.807, 2.05) is 25.6 Å². The minimum absolute atomic E-state index is 0.0529. The highest BCUT2D eigenvalue weighted by atomic mass is 19.1. The second kappa shape index (κ2) is 6.69. The van der Waals surface area contributed by atoms with Gasteiger partial charge < -0.3 is 9.80 Å². The fourth-order valence-electron chi connectivity index (χ4n) is 4.53. The van der Waals surface area contributed by atoms with Gasteiger partial charge in [0.1, 0.15) is 5.82 Å². The van der Waals surface area contributed by atoms with Gasteiger partial charge in [0.15, 0.2) is 0 Å². The number of hydrogen-bond acceptors (Lipinski definition) is 4. The van der Waals surface area contributed by atoms with Gasteiger partial charge in [0, 0.05) is 49.7 Å². The van der Waals surface area contributed by atoms with Crippen molar-refractivity contribution in [1.82, 2.24) is 19.7 Å². The third-order valence-corrected chi connectivity index (χ3v) is 5.86. The van der Waals surface area contributed by atoms with Crippen LogP contribution in [0.1, 0.15) is 40.5 Å². The summed E-state index contributed by atoms with van der Waals surface area (Å²) in [5.74, 6) is -0.442. The molecule has 0 unspecified atom stereocenters. The Kier molecular flexibility index (Phi) is 4.12. The summed E-state index contributed by atoms with van der Waals surface area (Å²) in [4.78, 5) is 21.7. The van der Waals surface area contributed by atoms with Gasteiger partial charge in [-0.05, 0) is 42.7 Å². The Hall–Kier alpha value is -3.22. The van der Waals surface area contributed by atoms with E-state index in [4.69, 9.17) is 0 Å². The number of fused-ring (bicyclic) bond motifs is 8. The van der Waals surface area contributed by atoms with Gasteiger partial charge in [-0.15, -0.1) is 0 Å². The van der Waals surface area contributed by atoms with E-state index in [9.17, 15) is 9.18 Å². The molecule has 148 valence electrons. The van der Waals surface area contributed by atoms with Crippen molar-refractivity contribution in [3.8, 4) is 11.1 Å². The molecule has 2 bridgehead atoms. The van der Waals surface area contributed by atoms with Crippen LogP contribution >= 0.6 is 0 Å². The molecular weight excluding hydrogens is 369 g/mol. The molecule has 0 saturated carbocycles. The van der Waals surface area contributed by atoms with Crippen molar-refractivity contribution in [3.05, 3.63) is 65.5 Å². The number of amides is 1. The van der Waals surface area contributed by atoms with E-state index in [-0.39, 0.29) is 17.8 Å². The van der Waals surface area contributed by atoms with Crippen molar-refractivity contribution >= 4 is 11.6 Å². The van der Waals surface area contributed by atoms with E-state index in [1.54, 1.807) is 22.7 Å². The minimum Gasteiger partial charge on any atom is -0.363 e. The first-order chi connectivity index (χ1) is 14.0. The lowest BCUT2D eigenvalue weighted by molar-refractivity contribution is 0.0781. The molecule has 7 heteroatoms. The molecular formula is C22H22FN5O. The molecule has 0 radical (unpaired) electrons. The molecule has 6 nitrogen and oxygen atoms in total. The molecule has 0 N–H and O–H groups in total. The fourth-order valence-corrected chi connectivity index (χ4v) is 4.53. The quantitative estimate of drug-likeness (QED) is 0.588. The highest BCUT2D eigenvalue weighted by molar-refractivity contribution is 5.96. The first-order valence-electron chi connectivity index (χ1n) is 9.81. The molecule has 1 atom stereocenters.